The molecule has 1 aromatic carbocycles. The first kappa shape index (κ1) is 6.18. The molecule has 0 aliphatic heterocycles. The highest BCUT2D eigenvalue weighted by Gasteiger charge is 2.12. The molecule has 1 aromatic rings. The molecule has 0 bridgehead atoms. The van der Waals surface area contributed by atoms with Gasteiger partial charge in [-0.2, -0.15) is 0 Å². The molecule has 0 heterocycles. The van der Waals surface area contributed by atoms with Crippen LogP contribution in [0.2, 0.25) is 0 Å². The Kier molecular flexibility index (Phi) is 1.93. The smallest absolute Gasteiger partial charge is 0.423 e. The third-order valence-corrected chi connectivity index (χ3v) is 1.56. The first-order valence-corrected chi connectivity index (χ1v) is 3.58. The van der Waals surface area contributed by atoms with E-state index < -0.39 is 20.0 Å². The highest BCUT2D eigenvalue weighted by molar-refractivity contribution is 6.58. The molecule has 0 saturated heterocycles. The van der Waals surface area contributed by atoms with E-state index in [4.69, 9.17) is 14.2 Å². The quantitative estimate of drug-likeness (QED) is 0.395. The predicted molar refractivity (Wildman–Crippen MR) is 49.7 cm³/mol. The molecular weight excluding hydrogens is 170 g/mol. The van der Waals surface area contributed by atoms with Crippen molar-refractivity contribution < 1.29 is 19.0 Å². The van der Waals surface area contributed by atoms with Gasteiger partial charge in [-0.3, -0.25) is 4.79 Å². The molecule has 4 nitrogen and oxygen atoms in total. The van der Waals surface area contributed by atoms with Crippen molar-refractivity contribution in [3.05, 3.63) is 29.8 Å². The van der Waals surface area contributed by atoms with Crippen molar-refractivity contribution in [1.29, 1.82) is 0 Å². The van der Waals surface area contributed by atoms with Crippen LogP contribution in [0, 0.1) is 0 Å². The Morgan fingerprint density at radius 3 is 3.00 bits per heavy atom. The summed E-state index contributed by atoms with van der Waals surface area (Å²) in [7, 11) is -1.69. The van der Waals surface area contributed by atoms with Gasteiger partial charge in [0.25, 0.3) is 5.91 Å². The second-order valence-electron chi connectivity index (χ2n) is 2.45. The molecule has 0 spiro atoms. The van der Waals surface area contributed by atoms with Crippen LogP contribution in [0.1, 0.15) is 14.5 Å². The molecule has 0 fully saturated rings. The molecule has 13 heavy (non-hydrogen) atoms. The summed E-state index contributed by atoms with van der Waals surface area (Å²) in [6, 6.07) is 5.44. The van der Waals surface area contributed by atoms with Crippen LogP contribution < -0.4 is 10.8 Å². The van der Waals surface area contributed by atoms with Crippen molar-refractivity contribution in [2.75, 3.05) is 6.98 Å². The van der Waals surface area contributed by atoms with Gasteiger partial charge in [-0.1, -0.05) is 12.1 Å². The monoisotopic (exact) mass is 183 g/mol. The number of hydrogen-bond acceptors (Lipinski definition) is 3. The van der Waals surface area contributed by atoms with Crippen LogP contribution in [0.25, 0.3) is 0 Å². The Morgan fingerprint density at radius 1 is 1.62 bits per heavy atom. The van der Waals surface area contributed by atoms with Crippen molar-refractivity contribution in [2.24, 2.45) is 0 Å². The molecule has 68 valence electrons. The average Bonchev–Trinajstić information content (AvgIpc) is 2.15. The molecule has 0 aliphatic rings. The Morgan fingerprint density at radius 2 is 2.38 bits per heavy atom. The Balaban J connectivity index is 2.88. The fraction of sp³-hybridized carbons (Fsp3) is 0.125. The minimum Gasteiger partial charge on any atom is -0.423 e. The normalized spacial score (nSPS) is 13.8. The zero-order chi connectivity index (χ0) is 12.3. The van der Waals surface area contributed by atoms with Gasteiger partial charge in [0, 0.05) is 16.7 Å². The molecule has 1 amide bonds. The molecule has 0 aliphatic carbocycles. The highest BCUT2D eigenvalue weighted by atomic mass is 16.4. The zero-order valence-electron chi connectivity index (χ0n) is 9.69. The maximum atomic E-state index is 11.4. The van der Waals surface area contributed by atoms with E-state index in [9.17, 15) is 4.79 Å². The number of hydrogen-bond donors (Lipinski definition) is 3. The van der Waals surface area contributed by atoms with Gasteiger partial charge < -0.3 is 15.4 Å². The van der Waals surface area contributed by atoms with Crippen LogP contribution in [0.3, 0.4) is 0 Å². The molecule has 1 rings (SSSR count). The van der Waals surface area contributed by atoms with Crippen LogP contribution in [-0.4, -0.2) is 30.0 Å². The summed E-state index contributed by atoms with van der Waals surface area (Å²) in [5.41, 5.74) is 0.180. The highest BCUT2D eigenvalue weighted by Crippen LogP contribution is 1.96. The lowest BCUT2D eigenvalue weighted by atomic mass is 9.79. The van der Waals surface area contributed by atoms with E-state index in [1.165, 1.54) is 24.3 Å². The lowest BCUT2D eigenvalue weighted by Crippen LogP contribution is -2.31. The standard InChI is InChI=1S/C8H10BNO3/c1-10-8(11)6-3-2-4-7(5-6)9(12)13/h2-5,12-13H,1H3,(H,10,11)/i1+1D3. The van der Waals surface area contributed by atoms with E-state index in [-0.39, 0.29) is 11.0 Å². The van der Waals surface area contributed by atoms with Crippen molar-refractivity contribution in [2.45, 2.75) is 0 Å². The lowest BCUT2D eigenvalue weighted by molar-refractivity contribution is 0.0963. The van der Waals surface area contributed by atoms with E-state index in [0.717, 1.165) is 0 Å². The minimum absolute atomic E-state index is 0.0572. The van der Waals surface area contributed by atoms with E-state index in [2.05, 4.69) is 0 Å². The van der Waals surface area contributed by atoms with Crippen LogP contribution in [-0.2, 0) is 0 Å². The van der Waals surface area contributed by atoms with Crippen LogP contribution in [0.4, 0.5) is 0 Å². The van der Waals surface area contributed by atoms with Crippen molar-refractivity contribution in [3.8, 4) is 0 Å². The summed E-state index contributed by atoms with van der Waals surface area (Å²) in [5, 5.41) is 19.5. The summed E-state index contributed by atoms with van der Waals surface area (Å²) < 4.78 is 20.6. The van der Waals surface area contributed by atoms with E-state index in [0.29, 0.717) is 0 Å². The summed E-state index contributed by atoms with van der Waals surface area (Å²) in [4.78, 5) is 11.4. The van der Waals surface area contributed by atoms with E-state index in [1.807, 2.05) is 0 Å². The first-order chi connectivity index (χ1) is 7.29. The summed E-state index contributed by atoms with van der Waals surface area (Å²) >= 11 is 0. The summed E-state index contributed by atoms with van der Waals surface area (Å²) in [6.45, 7) is -2.56. The van der Waals surface area contributed by atoms with Gasteiger partial charge in [0.05, 0.1) is 0 Å². The predicted octanol–water partition coefficient (Wildman–Crippen LogP) is -1.27. The second kappa shape index (κ2) is 4.07. The Hall–Kier alpha value is -1.33. The molecule has 0 radical (unpaired) electrons. The molecule has 0 saturated carbocycles. The van der Waals surface area contributed by atoms with Gasteiger partial charge in [-0.05, 0) is 17.6 Å². The molecule has 0 unspecified atom stereocenters. The lowest BCUT2D eigenvalue weighted by Gasteiger charge is -2.02. The number of carbonyl (C=O) groups is 1. The maximum absolute atomic E-state index is 11.4. The zero-order valence-corrected chi connectivity index (χ0v) is 6.69. The largest absolute Gasteiger partial charge is 0.488 e. The van der Waals surface area contributed by atoms with Crippen molar-refractivity contribution >= 4 is 18.5 Å². The number of benzene rings is 1. The van der Waals surface area contributed by atoms with Crippen molar-refractivity contribution in [3.63, 3.8) is 0 Å². The molecule has 5 heteroatoms. The number of rotatable bonds is 2. The Labute approximate surface area is 80.6 Å². The molecule has 3 N–H and O–H groups in total. The van der Waals surface area contributed by atoms with Crippen LogP contribution >= 0.6 is 0 Å². The van der Waals surface area contributed by atoms with Gasteiger partial charge in [0.1, 0.15) is 0 Å². The summed E-state index contributed by atoms with van der Waals surface area (Å²) in [6.07, 6.45) is 0. The van der Waals surface area contributed by atoms with Gasteiger partial charge in [0.15, 0.2) is 0 Å². The third kappa shape index (κ3) is 2.30. The number of nitrogens with one attached hydrogen (secondary N) is 1. The summed E-state index contributed by atoms with van der Waals surface area (Å²) in [5.74, 6) is -0.789. The topological polar surface area (TPSA) is 69.6 Å². The fourth-order valence-corrected chi connectivity index (χ4v) is 0.913. The molecular formula is C8H10BNO3. The third-order valence-electron chi connectivity index (χ3n) is 1.56. The van der Waals surface area contributed by atoms with Gasteiger partial charge >= 0.3 is 7.12 Å². The van der Waals surface area contributed by atoms with Crippen LogP contribution in [0.5, 0.6) is 0 Å². The molecule has 0 atom stereocenters. The number of carbonyl (C=O) groups excluding carboxylic acids is 1. The molecule has 0 aromatic heterocycles. The Bertz CT molecular complexity index is 394. The second-order valence-corrected chi connectivity index (χ2v) is 2.45. The average molecular weight is 183 g/mol. The van der Waals surface area contributed by atoms with Gasteiger partial charge in [0.2, 0.25) is 0 Å². The van der Waals surface area contributed by atoms with Gasteiger partial charge in [-0.15, -0.1) is 0 Å². The van der Waals surface area contributed by atoms with Gasteiger partial charge in [-0.25, -0.2) is 0 Å². The van der Waals surface area contributed by atoms with Crippen LogP contribution in [0.15, 0.2) is 24.3 Å². The maximum Gasteiger partial charge on any atom is 0.488 e. The van der Waals surface area contributed by atoms with E-state index in [1.54, 1.807) is 5.32 Å². The number of amides is 1. The van der Waals surface area contributed by atoms with Crippen molar-refractivity contribution in [1.82, 2.24) is 5.32 Å². The minimum atomic E-state index is -2.56. The first-order valence-electron chi connectivity index (χ1n) is 5.08. The van der Waals surface area contributed by atoms with E-state index >= 15 is 0 Å². The fourth-order valence-electron chi connectivity index (χ4n) is 0.913. The SMILES string of the molecule is [2H][13C]([2H])([2H])NC(=O)c1cccc(B(O)O)c1.